The van der Waals surface area contributed by atoms with Crippen molar-refractivity contribution in [1.82, 2.24) is 0 Å². The average Bonchev–Trinajstić information content (AvgIpc) is 3.11. The topological polar surface area (TPSA) is 44.8 Å². The largest absolute Gasteiger partial charge is 0.494 e. The van der Waals surface area contributed by atoms with Crippen LogP contribution in [-0.2, 0) is 11.3 Å². The molecule has 0 unspecified atom stereocenters. The number of ether oxygens (including phenoxy) is 3. The Hall–Kier alpha value is -3.18. The smallest absolute Gasteiger partial charge is 0.338 e. The number of rotatable bonds is 27. The van der Waals surface area contributed by atoms with Gasteiger partial charge in [0.1, 0.15) is 18.1 Å². The van der Waals surface area contributed by atoms with Crippen molar-refractivity contribution in [3.63, 3.8) is 0 Å². The van der Waals surface area contributed by atoms with E-state index in [4.69, 9.17) is 14.2 Å². The first-order valence-corrected chi connectivity index (χ1v) is 18.8. The maximum atomic E-state index is 12.4. The van der Waals surface area contributed by atoms with E-state index in [0.717, 1.165) is 66.2 Å². The van der Waals surface area contributed by atoms with Crippen molar-refractivity contribution in [2.24, 2.45) is 0 Å². The Bertz CT molecular complexity index is 1220. The highest BCUT2D eigenvalue weighted by atomic mass is 32.1. The molecule has 3 rings (SSSR count). The van der Waals surface area contributed by atoms with Crippen molar-refractivity contribution in [2.75, 3.05) is 19.0 Å². The molecule has 3 aromatic carbocycles. The second kappa shape index (κ2) is 24.9. The first kappa shape index (κ1) is 38.3. The van der Waals surface area contributed by atoms with Crippen LogP contribution in [0.4, 0.5) is 0 Å². The van der Waals surface area contributed by atoms with Crippen LogP contribution in [0.1, 0.15) is 125 Å². The molecule has 0 saturated carbocycles. The van der Waals surface area contributed by atoms with Crippen LogP contribution in [0.25, 0.3) is 11.1 Å². The maximum absolute atomic E-state index is 12.4. The molecule has 0 aromatic heterocycles. The predicted molar refractivity (Wildman–Crippen MR) is 201 cm³/mol. The van der Waals surface area contributed by atoms with E-state index in [1.54, 1.807) is 0 Å². The highest BCUT2D eigenvalue weighted by molar-refractivity contribution is 7.80. The van der Waals surface area contributed by atoms with Gasteiger partial charge >= 0.3 is 5.97 Å². The number of unbranched alkanes of at least 4 members (excludes halogenated alkanes) is 15. The molecule has 0 aliphatic heterocycles. The van der Waals surface area contributed by atoms with Crippen LogP contribution in [0.2, 0.25) is 0 Å². The molecule has 0 aliphatic carbocycles. The SMILES string of the molecule is C=CCCCCCCCCCOC(=O)c1ccc(COc2ccc(-c3ccc(OCCCCCCCCCCCS)cc3)cc2)cc1. The summed E-state index contributed by atoms with van der Waals surface area (Å²) in [7, 11) is 0. The lowest BCUT2D eigenvalue weighted by atomic mass is 10.1. The Balaban J connectivity index is 1.27. The normalized spacial score (nSPS) is 10.9. The summed E-state index contributed by atoms with van der Waals surface area (Å²) in [5, 5.41) is 0. The van der Waals surface area contributed by atoms with Gasteiger partial charge in [0.05, 0.1) is 18.8 Å². The van der Waals surface area contributed by atoms with E-state index in [2.05, 4.69) is 55.6 Å². The van der Waals surface area contributed by atoms with Gasteiger partial charge in [-0.05, 0) is 90.9 Å². The minimum atomic E-state index is -0.260. The van der Waals surface area contributed by atoms with Crippen LogP contribution >= 0.6 is 12.6 Å². The zero-order chi connectivity index (χ0) is 33.2. The maximum Gasteiger partial charge on any atom is 0.338 e. The lowest BCUT2D eigenvalue weighted by molar-refractivity contribution is 0.0497. The molecular weight excluding hydrogens is 601 g/mol. The Labute approximate surface area is 290 Å². The monoisotopic (exact) mass is 658 g/mol. The molecule has 0 radical (unpaired) electrons. The van der Waals surface area contributed by atoms with E-state index in [9.17, 15) is 4.79 Å². The molecular formula is C42H58O4S. The number of carbonyl (C=O) groups excluding carboxylic acids is 1. The van der Waals surface area contributed by atoms with Crippen molar-refractivity contribution < 1.29 is 19.0 Å². The second-order valence-corrected chi connectivity index (χ2v) is 12.9. The molecule has 0 aliphatic rings. The summed E-state index contributed by atoms with van der Waals surface area (Å²) in [4.78, 5) is 12.4. The van der Waals surface area contributed by atoms with Crippen LogP contribution in [0, 0.1) is 0 Å². The molecule has 4 nitrogen and oxygen atoms in total. The molecule has 0 atom stereocenters. The Morgan fingerprint density at radius 2 is 1.02 bits per heavy atom. The highest BCUT2D eigenvalue weighted by Crippen LogP contribution is 2.25. The zero-order valence-corrected chi connectivity index (χ0v) is 29.5. The molecule has 0 bridgehead atoms. The second-order valence-electron chi connectivity index (χ2n) is 12.5. The summed E-state index contributed by atoms with van der Waals surface area (Å²) in [6.45, 7) is 5.46. The van der Waals surface area contributed by atoms with Gasteiger partial charge in [0.15, 0.2) is 0 Å². The third-order valence-corrected chi connectivity index (χ3v) is 8.81. The van der Waals surface area contributed by atoms with Crippen LogP contribution in [0.3, 0.4) is 0 Å². The first-order chi connectivity index (χ1) is 23.2. The molecule has 0 amide bonds. The van der Waals surface area contributed by atoms with Gasteiger partial charge in [-0.2, -0.15) is 12.6 Å². The van der Waals surface area contributed by atoms with Crippen molar-refractivity contribution in [2.45, 2.75) is 116 Å². The third-order valence-electron chi connectivity index (χ3n) is 8.49. The fourth-order valence-corrected chi connectivity index (χ4v) is 5.78. The van der Waals surface area contributed by atoms with Crippen LogP contribution in [-0.4, -0.2) is 24.9 Å². The van der Waals surface area contributed by atoms with Gasteiger partial charge in [-0.15, -0.1) is 6.58 Å². The molecule has 5 heteroatoms. The van der Waals surface area contributed by atoms with Gasteiger partial charge in [0.25, 0.3) is 0 Å². The van der Waals surface area contributed by atoms with Gasteiger partial charge in [-0.3, -0.25) is 0 Å². The predicted octanol–water partition coefficient (Wildman–Crippen LogP) is 12.2. The summed E-state index contributed by atoms with van der Waals surface area (Å²) < 4.78 is 17.4. The lowest BCUT2D eigenvalue weighted by Crippen LogP contribution is -2.06. The molecule has 0 heterocycles. The summed E-state index contributed by atoms with van der Waals surface area (Å²) >= 11 is 4.28. The Morgan fingerprint density at radius 1 is 0.553 bits per heavy atom. The van der Waals surface area contributed by atoms with E-state index in [1.807, 2.05) is 42.5 Å². The fraction of sp³-hybridized carbons (Fsp3) is 0.500. The summed E-state index contributed by atoms with van der Waals surface area (Å²) in [5.74, 6) is 2.49. The van der Waals surface area contributed by atoms with E-state index in [1.165, 1.54) is 83.5 Å². The summed E-state index contributed by atoms with van der Waals surface area (Å²) in [6.07, 6.45) is 23.0. The number of thiol groups is 1. The number of carbonyl (C=O) groups is 1. The molecule has 0 saturated heterocycles. The molecule has 47 heavy (non-hydrogen) atoms. The Kier molecular flexibility index (Phi) is 20.3. The number of esters is 1. The number of hydrogen-bond acceptors (Lipinski definition) is 5. The standard InChI is InChI=1S/C42H58O4S/c1-2-3-4-5-6-8-12-15-18-33-45-42(43)39-22-20-36(21-23-39)35-46-41-30-26-38(27-31-41)37-24-28-40(29-25-37)44-32-17-14-11-9-7-10-13-16-19-34-47/h2,20-31,47H,1,3-19,32-35H2. The van der Waals surface area contributed by atoms with Gasteiger partial charge in [-0.1, -0.05) is 120 Å². The van der Waals surface area contributed by atoms with Crippen molar-refractivity contribution >= 4 is 18.6 Å². The number of hydrogen-bond donors (Lipinski definition) is 1. The van der Waals surface area contributed by atoms with E-state index in [0.29, 0.717) is 18.8 Å². The summed E-state index contributed by atoms with van der Waals surface area (Å²) in [5.41, 5.74) is 3.87. The van der Waals surface area contributed by atoms with Crippen molar-refractivity contribution in [3.05, 3.63) is 96.6 Å². The Morgan fingerprint density at radius 3 is 1.55 bits per heavy atom. The highest BCUT2D eigenvalue weighted by Gasteiger charge is 2.07. The van der Waals surface area contributed by atoms with Crippen LogP contribution in [0.5, 0.6) is 11.5 Å². The first-order valence-electron chi connectivity index (χ1n) is 18.1. The molecule has 3 aromatic rings. The van der Waals surface area contributed by atoms with Gasteiger partial charge < -0.3 is 14.2 Å². The minimum Gasteiger partial charge on any atom is -0.494 e. The van der Waals surface area contributed by atoms with Crippen molar-refractivity contribution in [3.8, 4) is 22.6 Å². The fourth-order valence-electron chi connectivity index (χ4n) is 5.56. The van der Waals surface area contributed by atoms with E-state index >= 15 is 0 Å². The van der Waals surface area contributed by atoms with Gasteiger partial charge in [0, 0.05) is 0 Å². The minimum absolute atomic E-state index is 0.260. The van der Waals surface area contributed by atoms with Crippen molar-refractivity contribution in [1.29, 1.82) is 0 Å². The van der Waals surface area contributed by atoms with Gasteiger partial charge in [-0.25, -0.2) is 4.79 Å². The number of allylic oxidation sites excluding steroid dienone is 1. The lowest BCUT2D eigenvalue weighted by Gasteiger charge is -2.10. The van der Waals surface area contributed by atoms with Crippen LogP contribution in [0.15, 0.2) is 85.5 Å². The molecule has 0 N–H and O–H groups in total. The average molecular weight is 659 g/mol. The number of benzene rings is 3. The molecule has 256 valence electrons. The van der Waals surface area contributed by atoms with E-state index in [-0.39, 0.29) is 5.97 Å². The van der Waals surface area contributed by atoms with Crippen LogP contribution < -0.4 is 9.47 Å². The summed E-state index contributed by atoms with van der Waals surface area (Å²) in [6, 6.07) is 24.0. The molecule has 0 fully saturated rings. The van der Waals surface area contributed by atoms with Gasteiger partial charge in [0.2, 0.25) is 0 Å². The molecule has 0 spiro atoms. The quantitative estimate of drug-likeness (QED) is 0.0383. The zero-order valence-electron chi connectivity index (χ0n) is 28.6. The third kappa shape index (κ3) is 17.0. The van der Waals surface area contributed by atoms with E-state index < -0.39 is 0 Å².